The van der Waals surface area contributed by atoms with E-state index in [2.05, 4.69) is 10.3 Å². The first-order chi connectivity index (χ1) is 11.6. The second-order valence-corrected chi connectivity index (χ2v) is 5.09. The number of hydrogen-bond acceptors (Lipinski definition) is 4. The van der Waals surface area contributed by atoms with Crippen molar-refractivity contribution in [3.05, 3.63) is 76.8 Å². The molecular weight excluding hydrogens is 313 g/mol. The van der Waals surface area contributed by atoms with E-state index in [9.17, 15) is 14.0 Å². The Morgan fingerprint density at radius 2 is 2.08 bits per heavy atom. The second kappa shape index (κ2) is 6.91. The molecule has 122 valence electrons. The molecule has 0 aliphatic rings. The number of rotatable bonds is 5. The van der Waals surface area contributed by atoms with Gasteiger partial charge < -0.3 is 9.73 Å². The van der Waals surface area contributed by atoms with Gasteiger partial charge in [-0.25, -0.2) is 9.37 Å². The molecule has 0 radical (unpaired) electrons. The fourth-order valence-corrected chi connectivity index (χ4v) is 2.15. The zero-order valence-electron chi connectivity index (χ0n) is 12.6. The third-order valence-corrected chi connectivity index (χ3v) is 3.40. The summed E-state index contributed by atoms with van der Waals surface area (Å²) in [6.07, 6.45) is 2.77. The summed E-state index contributed by atoms with van der Waals surface area (Å²) in [6, 6.07) is 10.8. The molecule has 1 N–H and O–H groups in total. The Labute approximate surface area is 136 Å². The first kappa shape index (κ1) is 15.7. The number of nitrogens with zero attached hydrogens (tertiary/aromatic N) is 2. The average Bonchev–Trinajstić information content (AvgIpc) is 3.10. The van der Waals surface area contributed by atoms with Crippen molar-refractivity contribution in [1.29, 1.82) is 0 Å². The number of nitrogens with one attached hydrogen (secondary N) is 1. The van der Waals surface area contributed by atoms with Gasteiger partial charge >= 0.3 is 0 Å². The molecule has 0 saturated carbocycles. The Bertz CT molecular complexity index is 903. The lowest BCUT2D eigenvalue weighted by Crippen LogP contribution is -2.32. The van der Waals surface area contributed by atoms with Gasteiger partial charge in [-0.1, -0.05) is 18.2 Å². The van der Waals surface area contributed by atoms with Crippen LogP contribution in [0.4, 0.5) is 4.39 Å². The molecule has 3 rings (SSSR count). The number of amides is 1. The predicted octanol–water partition coefficient (Wildman–Crippen LogP) is 1.96. The van der Waals surface area contributed by atoms with Crippen molar-refractivity contribution < 1.29 is 13.6 Å². The summed E-state index contributed by atoms with van der Waals surface area (Å²) >= 11 is 0. The van der Waals surface area contributed by atoms with Crippen LogP contribution in [0.15, 0.2) is 64.3 Å². The summed E-state index contributed by atoms with van der Waals surface area (Å²) in [4.78, 5) is 28.1. The van der Waals surface area contributed by atoms with E-state index >= 15 is 0 Å². The lowest BCUT2D eigenvalue weighted by molar-refractivity contribution is -0.121. The molecular formula is C17H14FN3O3. The molecule has 0 saturated heterocycles. The number of benzene rings is 1. The van der Waals surface area contributed by atoms with Crippen LogP contribution in [0, 0.1) is 5.82 Å². The van der Waals surface area contributed by atoms with Crippen LogP contribution in [0.25, 0.3) is 11.5 Å². The molecule has 0 spiro atoms. The van der Waals surface area contributed by atoms with Crippen LogP contribution >= 0.6 is 0 Å². The molecule has 0 aliphatic carbocycles. The van der Waals surface area contributed by atoms with Crippen molar-refractivity contribution >= 4 is 5.91 Å². The highest BCUT2D eigenvalue weighted by atomic mass is 19.1. The quantitative estimate of drug-likeness (QED) is 0.777. The van der Waals surface area contributed by atoms with Gasteiger partial charge in [0.25, 0.3) is 5.56 Å². The van der Waals surface area contributed by atoms with Gasteiger partial charge in [-0.15, -0.1) is 0 Å². The minimum Gasteiger partial charge on any atom is -0.463 e. The van der Waals surface area contributed by atoms with Gasteiger partial charge in [0.2, 0.25) is 5.91 Å². The van der Waals surface area contributed by atoms with E-state index in [4.69, 9.17) is 4.42 Å². The minimum absolute atomic E-state index is 0.0537. The molecule has 0 bridgehead atoms. The van der Waals surface area contributed by atoms with E-state index in [1.807, 2.05) is 0 Å². The largest absolute Gasteiger partial charge is 0.463 e. The molecule has 6 nitrogen and oxygen atoms in total. The summed E-state index contributed by atoms with van der Waals surface area (Å²) in [6.45, 7) is -0.142. The van der Waals surface area contributed by atoms with Crippen molar-refractivity contribution in [1.82, 2.24) is 14.9 Å². The van der Waals surface area contributed by atoms with Crippen LogP contribution < -0.4 is 10.9 Å². The van der Waals surface area contributed by atoms with Crippen molar-refractivity contribution in [3.8, 4) is 11.5 Å². The van der Waals surface area contributed by atoms with Gasteiger partial charge in [0.05, 0.1) is 12.6 Å². The Kier molecular flexibility index (Phi) is 4.51. The van der Waals surface area contributed by atoms with E-state index in [0.717, 1.165) is 0 Å². The number of hydrogen-bond donors (Lipinski definition) is 1. The normalized spacial score (nSPS) is 10.5. The van der Waals surface area contributed by atoms with E-state index in [-0.39, 0.29) is 24.5 Å². The van der Waals surface area contributed by atoms with Crippen LogP contribution in [0.5, 0.6) is 0 Å². The van der Waals surface area contributed by atoms with Gasteiger partial charge in [-0.2, -0.15) is 0 Å². The van der Waals surface area contributed by atoms with Crippen LogP contribution in [0.3, 0.4) is 0 Å². The van der Waals surface area contributed by atoms with Gasteiger partial charge in [-0.05, 0) is 18.2 Å². The molecule has 3 aromatic rings. The molecule has 0 atom stereocenters. The number of carbonyl (C=O) groups excluding carboxylic acids is 1. The molecule has 24 heavy (non-hydrogen) atoms. The van der Waals surface area contributed by atoms with Crippen molar-refractivity contribution in [2.24, 2.45) is 0 Å². The summed E-state index contributed by atoms with van der Waals surface area (Å²) in [5.74, 6) is -0.324. The Balaban J connectivity index is 1.64. The third-order valence-electron chi connectivity index (χ3n) is 3.40. The lowest BCUT2D eigenvalue weighted by atomic mass is 10.2. The van der Waals surface area contributed by atoms with Gasteiger partial charge in [0.15, 0.2) is 5.76 Å². The van der Waals surface area contributed by atoms with Crippen molar-refractivity contribution in [3.63, 3.8) is 0 Å². The van der Waals surface area contributed by atoms with E-state index in [0.29, 0.717) is 17.0 Å². The molecule has 1 aromatic carbocycles. The summed E-state index contributed by atoms with van der Waals surface area (Å²) < 4.78 is 19.8. The van der Waals surface area contributed by atoms with Crippen LogP contribution in [0.2, 0.25) is 0 Å². The van der Waals surface area contributed by atoms with Crippen molar-refractivity contribution in [2.75, 3.05) is 0 Å². The zero-order valence-corrected chi connectivity index (χ0v) is 12.6. The number of aromatic nitrogens is 2. The van der Waals surface area contributed by atoms with Crippen LogP contribution in [-0.2, 0) is 17.9 Å². The maximum atomic E-state index is 13.5. The highest BCUT2D eigenvalue weighted by Crippen LogP contribution is 2.14. The molecule has 0 aliphatic heterocycles. The standard InChI is InChI=1S/C17H14FN3O3/c18-13-5-2-1-4-12(13)9-19-16(22)10-21-11-20-14(8-17(21)23)15-6-3-7-24-15/h1-8,11H,9-10H2,(H,19,22). The van der Waals surface area contributed by atoms with Gasteiger partial charge in [-0.3, -0.25) is 14.2 Å². The molecule has 0 fully saturated rings. The molecule has 2 heterocycles. The minimum atomic E-state index is -0.409. The van der Waals surface area contributed by atoms with E-state index in [1.165, 1.54) is 29.3 Å². The maximum Gasteiger partial charge on any atom is 0.254 e. The molecule has 0 unspecified atom stereocenters. The first-order valence-electron chi connectivity index (χ1n) is 7.24. The summed E-state index contributed by atoms with van der Waals surface area (Å²) in [5, 5.41) is 2.57. The smallest absolute Gasteiger partial charge is 0.254 e. The van der Waals surface area contributed by atoms with Crippen LogP contribution in [-0.4, -0.2) is 15.5 Å². The lowest BCUT2D eigenvalue weighted by Gasteiger charge is -2.08. The molecule has 7 heteroatoms. The molecule has 1 amide bonds. The highest BCUT2D eigenvalue weighted by molar-refractivity contribution is 5.75. The number of halogens is 1. The Morgan fingerprint density at radius 3 is 2.79 bits per heavy atom. The fourth-order valence-electron chi connectivity index (χ4n) is 2.15. The second-order valence-electron chi connectivity index (χ2n) is 5.09. The number of furan rings is 1. The van der Waals surface area contributed by atoms with Gasteiger partial charge in [0.1, 0.15) is 18.1 Å². The van der Waals surface area contributed by atoms with E-state index < -0.39 is 5.91 Å². The topological polar surface area (TPSA) is 77.1 Å². The Hall–Kier alpha value is -3.22. The highest BCUT2D eigenvalue weighted by Gasteiger charge is 2.09. The van der Waals surface area contributed by atoms with Crippen molar-refractivity contribution in [2.45, 2.75) is 13.1 Å². The first-order valence-corrected chi connectivity index (χ1v) is 7.24. The number of carbonyl (C=O) groups is 1. The average molecular weight is 327 g/mol. The Morgan fingerprint density at radius 1 is 1.25 bits per heavy atom. The van der Waals surface area contributed by atoms with Crippen LogP contribution in [0.1, 0.15) is 5.56 Å². The monoisotopic (exact) mass is 327 g/mol. The maximum absolute atomic E-state index is 13.5. The predicted molar refractivity (Wildman–Crippen MR) is 84.4 cm³/mol. The summed E-state index contributed by atoms with van der Waals surface area (Å²) in [5.41, 5.74) is 0.398. The SMILES string of the molecule is O=C(Cn1cnc(-c2ccco2)cc1=O)NCc1ccccc1F. The summed E-state index contributed by atoms with van der Waals surface area (Å²) in [7, 11) is 0. The zero-order chi connectivity index (χ0) is 16.9. The van der Waals surface area contributed by atoms with E-state index in [1.54, 1.807) is 30.3 Å². The third kappa shape index (κ3) is 3.57. The fraction of sp³-hybridized carbons (Fsp3) is 0.118. The van der Waals surface area contributed by atoms with Gasteiger partial charge in [0, 0.05) is 18.2 Å². The molecule has 2 aromatic heterocycles.